The summed E-state index contributed by atoms with van der Waals surface area (Å²) in [5.74, 6) is 0. The molecule has 1 unspecified atom stereocenters. The molecule has 2 heterocycles. The first-order chi connectivity index (χ1) is 20.3. The van der Waals surface area contributed by atoms with Gasteiger partial charge in [0.25, 0.3) is 0 Å². The SMILES string of the molecule is c1ccc(N2c3ccccc3Sc3cc(-c4cccc(C5Nc6ccccc6N5c5ccccc5)c4)ccc32)cc1. The summed E-state index contributed by atoms with van der Waals surface area (Å²) in [7, 11) is 0. The van der Waals surface area contributed by atoms with Crippen LogP contribution in [0.3, 0.4) is 0 Å². The Morgan fingerprint density at radius 1 is 0.488 bits per heavy atom. The lowest BCUT2D eigenvalue weighted by Gasteiger charge is -2.33. The molecule has 0 fully saturated rings. The molecule has 6 aromatic rings. The first-order valence-corrected chi connectivity index (χ1v) is 14.7. The molecule has 3 nitrogen and oxygen atoms in total. The molecular weight excluding hydrogens is 518 g/mol. The summed E-state index contributed by atoms with van der Waals surface area (Å²) in [4.78, 5) is 7.29. The van der Waals surface area contributed by atoms with Gasteiger partial charge in [-0.3, -0.25) is 0 Å². The van der Waals surface area contributed by atoms with E-state index in [1.807, 2.05) is 11.8 Å². The Morgan fingerprint density at radius 2 is 1.15 bits per heavy atom. The van der Waals surface area contributed by atoms with Gasteiger partial charge < -0.3 is 15.1 Å². The standard InChI is InChI=1S/C37H27N3S/c1-3-14-29(15-4-1)39-33-20-9-10-21-35(33)41-36-25-27(22-23-34(36)39)26-12-11-13-28(24-26)37-38-31-18-7-8-19-32(31)40(37)30-16-5-2-6-17-30/h1-25,37-38H. The minimum Gasteiger partial charge on any atom is -0.359 e. The van der Waals surface area contributed by atoms with E-state index in [-0.39, 0.29) is 6.17 Å². The molecule has 0 saturated carbocycles. The molecule has 6 aromatic carbocycles. The Hall–Kier alpha value is -4.93. The number of nitrogens with zero attached hydrogens (tertiary/aromatic N) is 2. The van der Waals surface area contributed by atoms with Crippen LogP contribution in [-0.4, -0.2) is 0 Å². The summed E-state index contributed by atoms with van der Waals surface area (Å²) in [6.45, 7) is 0. The molecule has 41 heavy (non-hydrogen) atoms. The minimum absolute atomic E-state index is 0.00204. The maximum atomic E-state index is 3.78. The lowest BCUT2D eigenvalue weighted by atomic mass is 10.0. The van der Waals surface area contributed by atoms with Crippen molar-refractivity contribution in [1.82, 2.24) is 0 Å². The highest BCUT2D eigenvalue weighted by atomic mass is 32.2. The Balaban J connectivity index is 1.19. The smallest absolute Gasteiger partial charge is 0.130 e. The number of anilines is 6. The second-order valence-electron chi connectivity index (χ2n) is 10.3. The number of fused-ring (bicyclic) bond motifs is 3. The lowest BCUT2D eigenvalue weighted by Crippen LogP contribution is -2.23. The van der Waals surface area contributed by atoms with Crippen LogP contribution in [0, 0.1) is 0 Å². The van der Waals surface area contributed by atoms with Crippen molar-refractivity contribution in [2.45, 2.75) is 16.0 Å². The van der Waals surface area contributed by atoms with E-state index in [4.69, 9.17) is 0 Å². The van der Waals surface area contributed by atoms with Crippen molar-refractivity contribution >= 4 is 45.9 Å². The zero-order valence-corrected chi connectivity index (χ0v) is 23.1. The average Bonchev–Trinajstić information content (AvgIpc) is 3.44. The molecule has 0 radical (unpaired) electrons. The highest BCUT2D eigenvalue weighted by molar-refractivity contribution is 7.99. The van der Waals surface area contributed by atoms with Crippen molar-refractivity contribution in [3.63, 3.8) is 0 Å². The predicted octanol–water partition coefficient (Wildman–Crippen LogP) is 10.6. The Bertz CT molecular complexity index is 1870. The third-order valence-electron chi connectivity index (χ3n) is 7.83. The molecule has 8 rings (SSSR count). The Kier molecular flexibility index (Phi) is 5.78. The normalized spacial score (nSPS) is 15.1. The van der Waals surface area contributed by atoms with Crippen molar-refractivity contribution in [3.8, 4) is 11.1 Å². The molecule has 0 amide bonds. The maximum Gasteiger partial charge on any atom is 0.130 e. The van der Waals surface area contributed by atoms with E-state index in [2.05, 4.69) is 167 Å². The quantitative estimate of drug-likeness (QED) is 0.237. The van der Waals surface area contributed by atoms with Gasteiger partial charge >= 0.3 is 0 Å². The van der Waals surface area contributed by atoms with Crippen LogP contribution in [0.5, 0.6) is 0 Å². The van der Waals surface area contributed by atoms with Crippen LogP contribution < -0.4 is 15.1 Å². The molecule has 2 aliphatic rings. The molecular formula is C37H27N3S. The molecule has 2 aliphatic heterocycles. The fourth-order valence-corrected chi connectivity index (χ4v) is 7.04. The topological polar surface area (TPSA) is 18.5 Å². The van der Waals surface area contributed by atoms with Crippen LogP contribution in [0.15, 0.2) is 161 Å². The molecule has 0 saturated heterocycles. The summed E-state index contributed by atoms with van der Waals surface area (Å²) in [6, 6.07) is 54.3. The monoisotopic (exact) mass is 545 g/mol. The second-order valence-corrected chi connectivity index (χ2v) is 11.4. The van der Waals surface area contributed by atoms with E-state index in [0.717, 1.165) is 5.69 Å². The molecule has 1 N–H and O–H groups in total. The third kappa shape index (κ3) is 4.16. The highest BCUT2D eigenvalue weighted by Crippen LogP contribution is 2.52. The zero-order chi connectivity index (χ0) is 27.2. The first kappa shape index (κ1) is 23.9. The van der Waals surface area contributed by atoms with Gasteiger partial charge in [0.1, 0.15) is 6.17 Å². The van der Waals surface area contributed by atoms with Crippen LogP contribution in [-0.2, 0) is 0 Å². The number of nitrogens with one attached hydrogen (secondary N) is 1. The fraction of sp³-hybridized carbons (Fsp3) is 0.0270. The molecule has 196 valence electrons. The van der Waals surface area contributed by atoms with Crippen molar-refractivity contribution in [2.24, 2.45) is 0 Å². The molecule has 4 heteroatoms. The largest absolute Gasteiger partial charge is 0.359 e. The summed E-state index contributed by atoms with van der Waals surface area (Å²) >= 11 is 1.85. The van der Waals surface area contributed by atoms with Crippen LogP contribution >= 0.6 is 11.8 Å². The maximum absolute atomic E-state index is 3.78. The van der Waals surface area contributed by atoms with Crippen molar-refractivity contribution in [1.29, 1.82) is 0 Å². The van der Waals surface area contributed by atoms with Crippen LogP contribution in [0.4, 0.5) is 34.1 Å². The van der Waals surface area contributed by atoms with Gasteiger partial charge in [-0.2, -0.15) is 0 Å². The molecule has 0 spiro atoms. The summed E-state index contributed by atoms with van der Waals surface area (Å²) in [5.41, 5.74) is 10.8. The summed E-state index contributed by atoms with van der Waals surface area (Å²) in [5, 5.41) is 3.78. The van der Waals surface area contributed by atoms with E-state index in [1.54, 1.807) is 0 Å². The predicted molar refractivity (Wildman–Crippen MR) is 172 cm³/mol. The van der Waals surface area contributed by atoms with Crippen LogP contribution in [0.1, 0.15) is 11.7 Å². The van der Waals surface area contributed by atoms with Gasteiger partial charge in [-0.05, 0) is 83.4 Å². The van der Waals surface area contributed by atoms with Crippen molar-refractivity contribution in [3.05, 3.63) is 157 Å². The van der Waals surface area contributed by atoms with Gasteiger partial charge in [0.15, 0.2) is 0 Å². The number of hydrogen-bond acceptors (Lipinski definition) is 4. The number of rotatable bonds is 4. The van der Waals surface area contributed by atoms with E-state index < -0.39 is 0 Å². The molecule has 0 bridgehead atoms. The van der Waals surface area contributed by atoms with E-state index in [1.165, 1.54) is 54.9 Å². The zero-order valence-electron chi connectivity index (χ0n) is 22.3. The van der Waals surface area contributed by atoms with Gasteiger partial charge in [0, 0.05) is 21.2 Å². The first-order valence-electron chi connectivity index (χ1n) is 13.9. The molecule has 1 atom stereocenters. The summed E-state index contributed by atoms with van der Waals surface area (Å²) < 4.78 is 0. The van der Waals surface area contributed by atoms with Crippen LogP contribution in [0.2, 0.25) is 0 Å². The number of para-hydroxylation sites is 5. The Labute approximate surface area is 244 Å². The summed E-state index contributed by atoms with van der Waals surface area (Å²) in [6.07, 6.45) is 0.00204. The highest BCUT2D eigenvalue weighted by Gasteiger charge is 2.31. The molecule has 0 aromatic heterocycles. The van der Waals surface area contributed by atoms with E-state index >= 15 is 0 Å². The number of hydrogen-bond donors (Lipinski definition) is 1. The Morgan fingerprint density at radius 3 is 1.98 bits per heavy atom. The fourth-order valence-electron chi connectivity index (χ4n) is 5.95. The molecule has 0 aliphatic carbocycles. The van der Waals surface area contributed by atoms with Crippen molar-refractivity contribution < 1.29 is 0 Å². The van der Waals surface area contributed by atoms with E-state index in [0.29, 0.717) is 0 Å². The van der Waals surface area contributed by atoms with Crippen molar-refractivity contribution in [2.75, 3.05) is 15.1 Å². The van der Waals surface area contributed by atoms with Gasteiger partial charge in [-0.1, -0.05) is 96.7 Å². The van der Waals surface area contributed by atoms with Gasteiger partial charge in [-0.25, -0.2) is 0 Å². The average molecular weight is 546 g/mol. The second kappa shape index (κ2) is 9.92. The van der Waals surface area contributed by atoms with Crippen LogP contribution in [0.25, 0.3) is 11.1 Å². The van der Waals surface area contributed by atoms with E-state index in [9.17, 15) is 0 Å². The van der Waals surface area contributed by atoms with Gasteiger partial charge in [0.05, 0.1) is 22.7 Å². The van der Waals surface area contributed by atoms with Gasteiger partial charge in [-0.15, -0.1) is 0 Å². The number of benzene rings is 6. The van der Waals surface area contributed by atoms with Gasteiger partial charge in [0.2, 0.25) is 0 Å². The third-order valence-corrected chi connectivity index (χ3v) is 8.94. The lowest BCUT2D eigenvalue weighted by molar-refractivity contribution is 0.828. The minimum atomic E-state index is 0.00204.